The summed E-state index contributed by atoms with van der Waals surface area (Å²) in [6.45, 7) is 3.94. The molecule has 0 saturated carbocycles. The molecule has 0 unspecified atom stereocenters. The van der Waals surface area contributed by atoms with Gasteiger partial charge in [-0.1, -0.05) is 18.2 Å². The molecule has 0 bridgehead atoms. The minimum absolute atomic E-state index is 0.110. The Bertz CT molecular complexity index is 739. The molecule has 1 aliphatic heterocycles. The molecular weight excluding hydrogens is 347 g/mol. The summed E-state index contributed by atoms with van der Waals surface area (Å²) in [7, 11) is 1.53. The van der Waals surface area contributed by atoms with Crippen LogP contribution < -0.4 is 4.74 Å². The molecule has 0 aliphatic carbocycles. The lowest BCUT2D eigenvalue weighted by atomic mass is 10.1. The number of nitrogens with zero attached hydrogens (tertiary/aromatic N) is 2. The molecule has 27 heavy (non-hydrogen) atoms. The van der Waals surface area contributed by atoms with Crippen LogP contribution in [-0.2, 0) is 13.1 Å². The maximum atomic E-state index is 14.3. The van der Waals surface area contributed by atoms with Gasteiger partial charge in [-0.3, -0.25) is 9.80 Å². The molecule has 0 amide bonds. The highest BCUT2D eigenvalue weighted by Gasteiger charge is 2.27. The third-order valence-electron chi connectivity index (χ3n) is 5.13. The number of piperazine rings is 1. The van der Waals surface area contributed by atoms with E-state index in [1.54, 1.807) is 24.3 Å². The van der Waals surface area contributed by atoms with Crippen molar-refractivity contribution in [3.8, 4) is 11.5 Å². The van der Waals surface area contributed by atoms with Crippen LogP contribution in [0.3, 0.4) is 0 Å². The van der Waals surface area contributed by atoms with Crippen molar-refractivity contribution in [1.82, 2.24) is 9.80 Å². The van der Waals surface area contributed by atoms with E-state index in [-0.39, 0.29) is 24.2 Å². The first kappa shape index (κ1) is 19.6. The number of aliphatic hydroxyl groups is 1. The highest BCUT2D eigenvalue weighted by atomic mass is 19.1. The Hall–Kier alpha value is -2.15. The van der Waals surface area contributed by atoms with E-state index in [0.29, 0.717) is 24.3 Å². The summed E-state index contributed by atoms with van der Waals surface area (Å²) in [4.78, 5) is 4.59. The summed E-state index contributed by atoms with van der Waals surface area (Å²) >= 11 is 0. The Kier molecular flexibility index (Phi) is 6.66. The fraction of sp³-hybridized carbons (Fsp3) is 0.429. The first-order chi connectivity index (χ1) is 13.1. The van der Waals surface area contributed by atoms with E-state index in [1.807, 2.05) is 12.1 Å². The van der Waals surface area contributed by atoms with Crippen LogP contribution in [0.4, 0.5) is 4.39 Å². The zero-order chi connectivity index (χ0) is 19.2. The first-order valence-corrected chi connectivity index (χ1v) is 9.26. The van der Waals surface area contributed by atoms with Crippen molar-refractivity contribution >= 4 is 0 Å². The van der Waals surface area contributed by atoms with E-state index in [4.69, 9.17) is 4.74 Å². The molecule has 5 nitrogen and oxygen atoms in total. The molecule has 146 valence electrons. The zero-order valence-electron chi connectivity index (χ0n) is 15.6. The molecule has 1 fully saturated rings. The zero-order valence-corrected chi connectivity index (χ0v) is 15.6. The number of halogens is 1. The summed E-state index contributed by atoms with van der Waals surface area (Å²) in [5.41, 5.74) is 1.79. The van der Waals surface area contributed by atoms with Crippen LogP contribution >= 0.6 is 0 Å². The summed E-state index contributed by atoms with van der Waals surface area (Å²) in [6, 6.07) is 12.4. The second-order valence-corrected chi connectivity index (χ2v) is 7.00. The van der Waals surface area contributed by atoms with Gasteiger partial charge in [0.05, 0.1) is 7.11 Å². The van der Waals surface area contributed by atoms with Gasteiger partial charge in [-0.15, -0.1) is 0 Å². The monoisotopic (exact) mass is 374 g/mol. The molecule has 2 N–H and O–H groups in total. The summed E-state index contributed by atoms with van der Waals surface area (Å²) in [6.07, 6.45) is 0.657. The number of phenols is 1. The van der Waals surface area contributed by atoms with Crippen molar-refractivity contribution in [3.63, 3.8) is 0 Å². The molecule has 2 aromatic rings. The highest BCUT2D eigenvalue weighted by molar-refractivity contribution is 5.29. The number of aliphatic hydroxyl groups excluding tert-OH is 1. The van der Waals surface area contributed by atoms with E-state index < -0.39 is 0 Å². The van der Waals surface area contributed by atoms with E-state index in [2.05, 4.69) is 9.80 Å². The van der Waals surface area contributed by atoms with Gasteiger partial charge in [-0.25, -0.2) is 4.39 Å². The molecule has 3 rings (SSSR count). The number of ether oxygens (including phenoxy) is 1. The number of phenolic OH excluding ortho intramolecular Hbond substituents is 1. The van der Waals surface area contributed by atoms with Gasteiger partial charge in [0.2, 0.25) is 0 Å². The molecule has 6 heteroatoms. The maximum absolute atomic E-state index is 14.3. The van der Waals surface area contributed by atoms with Crippen LogP contribution in [0.25, 0.3) is 0 Å². The summed E-state index contributed by atoms with van der Waals surface area (Å²) in [5, 5.41) is 18.9. The Morgan fingerprint density at radius 2 is 1.89 bits per heavy atom. The van der Waals surface area contributed by atoms with Crippen LogP contribution in [0, 0.1) is 5.82 Å². The Morgan fingerprint density at radius 3 is 2.56 bits per heavy atom. The predicted molar refractivity (Wildman–Crippen MR) is 102 cm³/mol. The van der Waals surface area contributed by atoms with E-state index in [1.165, 1.54) is 13.2 Å². The first-order valence-electron chi connectivity index (χ1n) is 9.26. The second kappa shape index (κ2) is 9.17. The predicted octanol–water partition coefficient (Wildman–Crippen LogP) is 2.61. The van der Waals surface area contributed by atoms with Crippen molar-refractivity contribution in [2.24, 2.45) is 0 Å². The molecular formula is C21H27FN2O3. The minimum Gasteiger partial charge on any atom is -0.508 e. The highest BCUT2D eigenvalue weighted by Crippen LogP contribution is 2.22. The molecule has 0 radical (unpaired) electrons. The number of methoxy groups -OCH3 is 1. The quantitative estimate of drug-likeness (QED) is 0.780. The SMILES string of the molecule is COc1ccc(CN2CCN(Cc3ccc(O)cc3)C[C@H]2CCO)c(F)c1. The molecule has 0 spiro atoms. The topological polar surface area (TPSA) is 56.2 Å². The fourth-order valence-electron chi connectivity index (χ4n) is 3.59. The molecule has 2 aromatic carbocycles. The van der Waals surface area contributed by atoms with Crippen molar-refractivity contribution < 1.29 is 19.3 Å². The van der Waals surface area contributed by atoms with Gasteiger partial charge >= 0.3 is 0 Å². The summed E-state index contributed by atoms with van der Waals surface area (Å²) in [5.74, 6) is 0.522. The second-order valence-electron chi connectivity index (χ2n) is 7.00. The van der Waals surface area contributed by atoms with Gasteiger partial charge in [0.1, 0.15) is 17.3 Å². The lowest BCUT2D eigenvalue weighted by molar-refractivity contribution is 0.0493. The molecule has 0 aromatic heterocycles. The fourth-order valence-corrected chi connectivity index (χ4v) is 3.59. The van der Waals surface area contributed by atoms with Crippen LogP contribution in [0.1, 0.15) is 17.5 Å². The van der Waals surface area contributed by atoms with Gasteiger partial charge < -0.3 is 14.9 Å². The Labute approximate surface area is 159 Å². The summed E-state index contributed by atoms with van der Waals surface area (Å²) < 4.78 is 19.4. The smallest absolute Gasteiger partial charge is 0.131 e. The van der Waals surface area contributed by atoms with Crippen molar-refractivity contribution in [2.75, 3.05) is 33.4 Å². The lowest BCUT2D eigenvalue weighted by Gasteiger charge is -2.41. The van der Waals surface area contributed by atoms with Gasteiger partial charge in [-0.2, -0.15) is 0 Å². The normalized spacial score (nSPS) is 18.6. The lowest BCUT2D eigenvalue weighted by Crippen LogP contribution is -2.52. The largest absolute Gasteiger partial charge is 0.508 e. The molecule has 1 atom stereocenters. The van der Waals surface area contributed by atoms with Crippen LogP contribution in [0.2, 0.25) is 0 Å². The Morgan fingerprint density at radius 1 is 1.11 bits per heavy atom. The van der Waals surface area contributed by atoms with E-state index >= 15 is 0 Å². The van der Waals surface area contributed by atoms with Gasteiger partial charge in [0, 0.05) is 57.0 Å². The van der Waals surface area contributed by atoms with E-state index in [9.17, 15) is 14.6 Å². The number of rotatable bonds is 7. The number of aromatic hydroxyl groups is 1. The van der Waals surface area contributed by atoms with Crippen LogP contribution in [-0.4, -0.2) is 59.4 Å². The molecule has 1 saturated heterocycles. The number of hydrogen-bond acceptors (Lipinski definition) is 5. The third-order valence-corrected chi connectivity index (χ3v) is 5.13. The van der Waals surface area contributed by atoms with Crippen molar-refractivity contribution in [2.45, 2.75) is 25.6 Å². The van der Waals surface area contributed by atoms with Crippen LogP contribution in [0.15, 0.2) is 42.5 Å². The maximum Gasteiger partial charge on any atom is 0.131 e. The van der Waals surface area contributed by atoms with Crippen LogP contribution in [0.5, 0.6) is 11.5 Å². The van der Waals surface area contributed by atoms with Gasteiger partial charge in [0.15, 0.2) is 0 Å². The molecule has 1 heterocycles. The van der Waals surface area contributed by atoms with E-state index in [0.717, 1.165) is 31.7 Å². The molecule has 1 aliphatic rings. The van der Waals surface area contributed by atoms with Gasteiger partial charge in [-0.05, 0) is 30.2 Å². The van der Waals surface area contributed by atoms with Crippen molar-refractivity contribution in [1.29, 1.82) is 0 Å². The standard InChI is InChI=1S/C21H27FN2O3/c1-27-20-7-4-17(21(22)12-20)14-24-10-9-23(15-18(24)8-11-25)13-16-2-5-19(26)6-3-16/h2-7,12,18,25-26H,8-11,13-15H2,1H3/t18-/m1/s1. The Balaban J connectivity index is 1.64. The van der Waals surface area contributed by atoms with Crippen molar-refractivity contribution in [3.05, 3.63) is 59.4 Å². The minimum atomic E-state index is -0.261. The average Bonchev–Trinajstić information content (AvgIpc) is 2.67. The average molecular weight is 374 g/mol. The third kappa shape index (κ3) is 5.19. The number of hydrogen-bond donors (Lipinski definition) is 2. The number of benzene rings is 2. The van der Waals surface area contributed by atoms with Gasteiger partial charge in [0.25, 0.3) is 0 Å².